The molecule has 1 nitrogen and oxygen atoms in total. The van der Waals surface area contributed by atoms with Crippen LogP contribution in [0.4, 0.5) is 0 Å². The van der Waals surface area contributed by atoms with Crippen LogP contribution in [0.25, 0.3) is 6.08 Å². The molecule has 0 aliphatic heterocycles. The smallest absolute Gasteiger partial charge is 0.205 e. The van der Waals surface area contributed by atoms with Crippen molar-refractivity contribution < 1.29 is 4.79 Å². The van der Waals surface area contributed by atoms with Crippen molar-refractivity contribution in [3.05, 3.63) is 54.1 Å². The van der Waals surface area contributed by atoms with Crippen molar-refractivity contribution in [1.82, 2.24) is 0 Å². The zero-order valence-corrected chi connectivity index (χ0v) is 12.1. The first-order valence-corrected chi connectivity index (χ1v) is 7.17. The minimum Gasteiger partial charge on any atom is -0.285 e. The number of allylic oxidation sites excluding steroid dienone is 3. The first-order chi connectivity index (χ1) is 9.83. The second kappa shape index (κ2) is 10.8. The fourth-order valence-electron chi connectivity index (χ4n) is 1.70. The number of hydrogen-bond donors (Lipinski definition) is 0. The molecule has 0 amide bonds. The molecular formula is C19H22O. The van der Waals surface area contributed by atoms with Crippen LogP contribution in [0.2, 0.25) is 0 Å². The Bertz CT molecular complexity index is 498. The van der Waals surface area contributed by atoms with E-state index in [1.807, 2.05) is 37.3 Å². The highest BCUT2D eigenvalue weighted by Crippen LogP contribution is 2.03. The number of ketones is 1. The third kappa shape index (κ3) is 8.11. The predicted molar refractivity (Wildman–Crippen MR) is 86.2 cm³/mol. The molecule has 0 spiro atoms. The van der Waals surface area contributed by atoms with Crippen LogP contribution in [0.3, 0.4) is 0 Å². The van der Waals surface area contributed by atoms with E-state index in [4.69, 9.17) is 0 Å². The molecule has 0 aromatic heterocycles. The molecule has 0 fully saturated rings. The van der Waals surface area contributed by atoms with Crippen molar-refractivity contribution in [3.63, 3.8) is 0 Å². The highest BCUT2D eigenvalue weighted by atomic mass is 16.1. The van der Waals surface area contributed by atoms with E-state index in [0.717, 1.165) is 25.7 Å². The maximum Gasteiger partial charge on any atom is 0.205 e. The maximum absolute atomic E-state index is 11.4. The molecule has 0 aliphatic rings. The van der Waals surface area contributed by atoms with Gasteiger partial charge in [-0.25, -0.2) is 0 Å². The van der Waals surface area contributed by atoms with E-state index >= 15 is 0 Å². The van der Waals surface area contributed by atoms with Gasteiger partial charge in [0.15, 0.2) is 0 Å². The van der Waals surface area contributed by atoms with Crippen molar-refractivity contribution in [3.8, 4) is 11.8 Å². The Balaban J connectivity index is 2.13. The van der Waals surface area contributed by atoms with Crippen LogP contribution in [-0.2, 0) is 4.79 Å². The Labute approximate surface area is 122 Å². The zero-order chi connectivity index (χ0) is 14.5. The van der Waals surface area contributed by atoms with Crippen molar-refractivity contribution in [1.29, 1.82) is 0 Å². The highest BCUT2D eigenvalue weighted by Gasteiger charge is 1.92. The number of unbranched alkanes of at least 4 members (excludes halogenated alkanes) is 2. The summed E-state index contributed by atoms with van der Waals surface area (Å²) in [6, 6.07) is 10.2. The molecule has 104 valence electrons. The minimum atomic E-state index is 0.0444. The van der Waals surface area contributed by atoms with E-state index in [1.54, 1.807) is 0 Å². The number of hydrogen-bond acceptors (Lipinski definition) is 1. The van der Waals surface area contributed by atoms with E-state index in [2.05, 4.69) is 36.1 Å². The molecule has 1 aromatic rings. The molecule has 20 heavy (non-hydrogen) atoms. The van der Waals surface area contributed by atoms with Crippen LogP contribution < -0.4 is 0 Å². The van der Waals surface area contributed by atoms with Crippen molar-refractivity contribution in [2.24, 2.45) is 0 Å². The molecule has 0 saturated carbocycles. The van der Waals surface area contributed by atoms with E-state index in [9.17, 15) is 4.79 Å². The first-order valence-electron chi connectivity index (χ1n) is 7.17. The number of carbonyl (C=O) groups excluding carboxylic acids is 1. The Hall–Kier alpha value is -2.07. The third-order valence-electron chi connectivity index (χ3n) is 2.78. The molecular weight excluding hydrogens is 244 g/mol. The van der Waals surface area contributed by atoms with E-state index < -0.39 is 0 Å². The summed E-state index contributed by atoms with van der Waals surface area (Å²) in [6.07, 6.45) is 12.3. The number of Topliss-reactive ketones (excluding diaryl/α,β-unsaturated/α-hetero) is 1. The molecule has 1 aromatic carbocycles. The van der Waals surface area contributed by atoms with Crippen LogP contribution >= 0.6 is 0 Å². The van der Waals surface area contributed by atoms with E-state index in [-0.39, 0.29) is 5.78 Å². The standard InChI is InChI=1S/C19H22O/c1-2-3-8-16-19(20)17-12-6-4-5-9-13-18-14-10-7-11-15-18/h2-3,7,9-11,13-15H,4-6,8,16H2,1H3/b3-2+,13-9+. The van der Waals surface area contributed by atoms with Crippen molar-refractivity contribution in [2.75, 3.05) is 0 Å². The van der Waals surface area contributed by atoms with Crippen LogP contribution in [0.1, 0.15) is 44.6 Å². The monoisotopic (exact) mass is 266 g/mol. The molecule has 0 aliphatic carbocycles. The van der Waals surface area contributed by atoms with Gasteiger partial charge in [0.1, 0.15) is 0 Å². The largest absolute Gasteiger partial charge is 0.285 e. The molecule has 1 heteroatoms. The summed E-state index contributed by atoms with van der Waals surface area (Å²) in [5.41, 5.74) is 1.22. The summed E-state index contributed by atoms with van der Waals surface area (Å²) in [7, 11) is 0. The fourth-order valence-corrected chi connectivity index (χ4v) is 1.70. The maximum atomic E-state index is 11.4. The topological polar surface area (TPSA) is 17.1 Å². The van der Waals surface area contributed by atoms with Gasteiger partial charge < -0.3 is 0 Å². The Morgan fingerprint density at radius 3 is 2.70 bits per heavy atom. The summed E-state index contributed by atoms with van der Waals surface area (Å²) in [5, 5.41) is 0. The Morgan fingerprint density at radius 2 is 1.95 bits per heavy atom. The van der Waals surface area contributed by atoms with Gasteiger partial charge in [0, 0.05) is 12.8 Å². The number of rotatable bonds is 7. The first kappa shape index (κ1) is 16.0. The Kier molecular flexibility index (Phi) is 8.65. The van der Waals surface area contributed by atoms with Crippen molar-refractivity contribution >= 4 is 11.9 Å². The lowest BCUT2D eigenvalue weighted by atomic mass is 10.1. The molecule has 0 bridgehead atoms. The molecule has 0 radical (unpaired) electrons. The summed E-state index contributed by atoms with van der Waals surface area (Å²) in [5.74, 6) is 5.70. The molecule has 0 saturated heterocycles. The van der Waals surface area contributed by atoms with E-state index in [1.165, 1.54) is 5.56 Å². The summed E-state index contributed by atoms with van der Waals surface area (Å²) < 4.78 is 0. The van der Waals surface area contributed by atoms with Gasteiger partial charge in [0.2, 0.25) is 5.78 Å². The molecule has 0 heterocycles. The van der Waals surface area contributed by atoms with Gasteiger partial charge in [-0.3, -0.25) is 4.79 Å². The lowest BCUT2D eigenvalue weighted by Gasteiger charge is -1.91. The van der Waals surface area contributed by atoms with Crippen LogP contribution in [0.5, 0.6) is 0 Å². The average Bonchev–Trinajstić information content (AvgIpc) is 2.47. The lowest BCUT2D eigenvalue weighted by molar-refractivity contribution is -0.113. The van der Waals surface area contributed by atoms with Gasteiger partial charge in [-0.1, -0.05) is 60.6 Å². The fraction of sp³-hybridized carbons (Fsp3) is 0.316. The quantitative estimate of drug-likeness (QED) is 0.300. The van der Waals surface area contributed by atoms with Gasteiger partial charge >= 0.3 is 0 Å². The minimum absolute atomic E-state index is 0.0444. The van der Waals surface area contributed by atoms with Gasteiger partial charge in [-0.2, -0.15) is 0 Å². The second-order valence-corrected chi connectivity index (χ2v) is 4.54. The average molecular weight is 266 g/mol. The normalized spacial score (nSPS) is 10.7. The predicted octanol–water partition coefficient (Wildman–Crippen LogP) is 4.80. The molecule has 1 rings (SSSR count). The second-order valence-electron chi connectivity index (χ2n) is 4.54. The van der Waals surface area contributed by atoms with Crippen LogP contribution in [0.15, 0.2) is 48.6 Å². The summed E-state index contributed by atoms with van der Waals surface area (Å²) in [6.45, 7) is 1.96. The van der Waals surface area contributed by atoms with Gasteiger partial charge in [-0.05, 0) is 37.7 Å². The van der Waals surface area contributed by atoms with Gasteiger partial charge in [-0.15, -0.1) is 0 Å². The van der Waals surface area contributed by atoms with E-state index in [0.29, 0.717) is 6.42 Å². The van der Waals surface area contributed by atoms with Crippen LogP contribution in [0, 0.1) is 11.8 Å². The summed E-state index contributed by atoms with van der Waals surface area (Å²) in [4.78, 5) is 11.4. The lowest BCUT2D eigenvalue weighted by Crippen LogP contribution is -1.91. The van der Waals surface area contributed by atoms with Gasteiger partial charge in [0.05, 0.1) is 0 Å². The number of carbonyl (C=O) groups is 1. The SMILES string of the molecule is C/C=C/CCC(=O)C#CCCC/C=C/c1ccccc1. The summed E-state index contributed by atoms with van der Waals surface area (Å²) >= 11 is 0. The highest BCUT2D eigenvalue weighted by molar-refractivity contribution is 5.95. The van der Waals surface area contributed by atoms with Crippen LogP contribution in [-0.4, -0.2) is 5.78 Å². The Morgan fingerprint density at radius 1 is 1.15 bits per heavy atom. The van der Waals surface area contributed by atoms with Gasteiger partial charge in [0.25, 0.3) is 0 Å². The zero-order valence-electron chi connectivity index (χ0n) is 12.1. The third-order valence-corrected chi connectivity index (χ3v) is 2.78. The number of benzene rings is 1. The molecule has 0 N–H and O–H groups in total. The molecule has 0 atom stereocenters. The molecule has 0 unspecified atom stereocenters. The van der Waals surface area contributed by atoms with Crippen molar-refractivity contribution in [2.45, 2.75) is 39.0 Å².